The molecule has 2 aromatic rings. The highest BCUT2D eigenvalue weighted by molar-refractivity contribution is 9.10. The number of ether oxygens (including phenoxy) is 1. The van der Waals surface area contributed by atoms with E-state index in [1.165, 1.54) is 0 Å². The Morgan fingerprint density at radius 1 is 1.26 bits per heavy atom. The number of aromatic nitrogens is 2. The Labute approximate surface area is 121 Å². The third kappa shape index (κ3) is 4.52. The van der Waals surface area contributed by atoms with Gasteiger partial charge in [0.1, 0.15) is 18.2 Å². The van der Waals surface area contributed by atoms with Gasteiger partial charge in [-0.15, -0.1) is 0 Å². The normalized spacial score (nSPS) is 10.2. The summed E-state index contributed by atoms with van der Waals surface area (Å²) in [7, 11) is 0. The molecule has 0 radical (unpaired) electrons. The molecule has 5 heteroatoms. The van der Waals surface area contributed by atoms with Crippen molar-refractivity contribution in [2.24, 2.45) is 0 Å². The van der Waals surface area contributed by atoms with Crippen molar-refractivity contribution >= 4 is 21.7 Å². The van der Waals surface area contributed by atoms with Crippen molar-refractivity contribution in [2.45, 2.75) is 20.0 Å². The first-order valence-electron chi connectivity index (χ1n) is 6.21. The Morgan fingerprint density at radius 3 is 2.84 bits per heavy atom. The number of hydrogen-bond acceptors (Lipinski definition) is 4. The van der Waals surface area contributed by atoms with E-state index in [4.69, 9.17) is 4.74 Å². The predicted molar refractivity (Wildman–Crippen MR) is 79.3 cm³/mol. The van der Waals surface area contributed by atoms with Gasteiger partial charge in [0.2, 0.25) is 0 Å². The van der Waals surface area contributed by atoms with Crippen LogP contribution >= 0.6 is 15.9 Å². The van der Waals surface area contributed by atoms with Crippen LogP contribution in [-0.4, -0.2) is 16.5 Å². The number of rotatable bonds is 6. The average Bonchev–Trinajstić information content (AvgIpc) is 2.44. The van der Waals surface area contributed by atoms with Crippen molar-refractivity contribution in [2.75, 3.05) is 11.9 Å². The third-order valence-corrected chi connectivity index (χ3v) is 2.94. The van der Waals surface area contributed by atoms with Gasteiger partial charge in [0.15, 0.2) is 0 Å². The van der Waals surface area contributed by atoms with Crippen LogP contribution in [-0.2, 0) is 6.61 Å². The SMILES string of the molecule is CCCNc1cnc(COc2cccc(Br)c2)cn1. The number of nitrogens with zero attached hydrogens (tertiary/aromatic N) is 2. The van der Waals surface area contributed by atoms with Crippen LogP contribution in [0.15, 0.2) is 41.1 Å². The summed E-state index contributed by atoms with van der Waals surface area (Å²) in [4.78, 5) is 8.59. The van der Waals surface area contributed by atoms with E-state index < -0.39 is 0 Å². The van der Waals surface area contributed by atoms with E-state index in [-0.39, 0.29) is 0 Å². The highest BCUT2D eigenvalue weighted by Gasteiger charge is 1.99. The van der Waals surface area contributed by atoms with E-state index >= 15 is 0 Å². The minimum absolute atomic E-state index is 0.414. The molecule has 0 aliphatic rings. The first-order chi connectivity index (χ1) is 9.28. The first-order valence-corrected chi connectivity index (χ1v) is 7.00. The molecule has 1 aromatic carbocycles. The van der Waals surface area contributed by atoms with Crippen molar-refractivity contribution < 1.29 is 4.74 Å². The number of halogens is 1. The van der Waals surface area contributed by atoms with Crippen LogP contribution in [0.5, 0.6) is 5.75 Å². The Bertz CT molecular complexity index is 516. The zero-order valence-corrected chi connectivity index (χ0v) is 12.4. The van der Waals surface area contributed by atoms with Gasteiger partial charge in [-0.1, -0.05) is 28.9 Å². The summed E-state index contributed by atoms with van der Waals surface area (Å²) >= 11 is 3.41. The third-order valence-electron chi connectivity index (χ3n) is 2.44. The molecule has 19 heavy (non-hydrogen) atoms. The van der Waals surface area contributed by atoms with E-state index in [2.05, 4.69) is 38.1 Å². The summed E-state index contributed by atoms with van der Waals surface area (Å²) in [5.74, 6) is 1.61. The fraction of sp³-hybridized carbons (Fsp3) is 0.286. The van der Waals surface area contributed by atoms with Crippen LogP contribution in [0.2, 0.25) is 0 Å². The first kappa shape index (κ1) is 13.8. The maximum atomic E-state index is 5.64. The summed E-state index contributed by atoms with van der Waals surface area (Å²) in [5, 5.41) is 3.18. The molecule has 100 valence electrons. The molecule has 0 amide bonds. The standard InChI is InChI=1S/C14H16BrN3O/c1-2-6-16-14-9-17-12(8-18-14)10-19-13-5-3-4-11(15)7-13/h3-5,7-9H,2,6,10H2,1H3,(H,16,18). The van der Waals surface area contributed by atoms with Crippen LogP contribution in [0.3, 0.4) is 0 Å². The van der Waals surface area contributed by atoms with Crippen molar-refractivity contribution in [3.8, 4) is 5.75 Å². The molecule has 0 saturated heterocycles. The van der Waals surface area contributed by atoms with Crippen LogP contribution in [0.25, 0.3) is 0 Å². The minimum Gasteiger partial charge on any atom is -0.487 e. The quantitative estimate of drug-likeness (QED) is 0.882. The zero-order chi connectivity index (χ0) is 13.5. The lowest BCUT2D eigenvalue weighted by Gasteiger charge is -2.07. The number of anilines is 1. The van der Waals surface area contributed by atoms with Gasteiger partial charge >= 0.3 is 0 Å². The lowest BCUT2D eigenvalue weighted by Crippen LogP contribution is -2.04. The Hall–Kier alpha value is -1.62. The van der Waals surface area contributed by atoms with Crippen LogP contribution in [0.4, 0.5) is 5.82 Å². The molecule has 0 fully saturated rings. The summed E-state index contributed by atoms with van der Waals surface area (Å²) in [5.41, 5.74) is 0.807. The molecule has 0 aliphatic heterocycles. The van der Waals surface area contributed by atoms with Gasteiger partial charge in [-0.2, -0.15) is 0 Å². The summed E-state index contributed by atoms with van der Waals surface area (Å²) in [6.45, 7) is 3.43. The second-order valence-electron chi connectivity index (χ2n) is 4.07. The minimum atomic E-state index is 0.414. The topological polar surface area (TPSA) is 47.0 Å². The van der Waals surface area contributed by atoms with E-state index in [0.29, 0.717) is 6.61 Å². The van der Waals surface area contributed by atoms with Gasteiger partial charge in [0.25, 0.3) is 0 Å². The molecule has 1 N–H and O–H groups in total. The fourth-order valence-electron chi connectivity index (χ4n) is 1.49. The maximum absolute atomic E-state index is 5.64. The number of benzene rings is 1. The van der Waals surface area contributed by atoms with Gasteiger partial charge in [0.05, 0.1) is 18.1 Å². The van der Waals surface area contributed by atoms with Gasteiger partial charge in [-0.25, -0.2) is 4.98 Å². The monoisotopic (exact) mass is 321 g/mol. The fourth-order valence-corrected chi connectivity index (χ4v) is 1.87. The Kier molecular flexibility index (Phi) is 5.15. The van der Waals surface area contributed by atoms with Crippen molar-refractivity contribution in [1.29, 1.82) is 0 Å². The summed E-state index contributed by atoms with van der Waals surface area (Å²) in [6.07, 6.45) is 4.53. The van der Waals surface area contributed by atoms with Gasteiger partial charge < -0.3 is 10.1 Å². The molecule has 0 bridgehead atoms. The van der Waals surface area contributed by atoms with E-state index in [1.54, 1.807) is 12.4 Å². The molecule has 1 heterocycles. The van der Waals surface area contributed by atoms with E-state index in [9.17, 15) is 0 Å². The average molecular weight is 322 g/mol. The second-order valence-corrected chi connectivity index (χ2v) is 4.98. The summed E-state index contributed by atoms with van der Waals surface area (Å²) < 4.78 is 6.64. The molecule has 4 nitrogen and oxygen atoms in total. The lowest BCUT2D eigenvalue weighted by molar-refractivity contribution is 0.300. The summed E-state index contributed by atoms with van der Waals surface area (Å²) in [6, 6.07) is 7.73. The molecule has 2 rings (SSSR count). The predicted octanol–water partition coefficient (Wildman–Crippen LogP) is 3.64. The van der Waals surface area contributed by atoms with E-state index in [0.717, 1.165) is 34.7 Å². The van der Waals surface area contributed by atoms with Crippen molar-refractivity contribution in [3.05, 3.63) is 46.8 Å². The van der Waals surface area contributed by atoms with Crippen molar-refractivity contribution in [3.63, 3.8) is 0 Å². The van der Waals surface area contributed by atoms with E-state index in [1.807, 2.05) is 24.3 Å². The molecule has 1 aromatic heterocycles. The Balaban J connectivity index is 1.89. The maximum Gasteiger partial charge on any atom is 0.144 e. The molecule has 0 aliphatic carbocycles. The zero-order valence-electron chi connectivity index (χ0n) is 10.8. The molecular weight excluding hydrogens is 306 g/mol. The molecule has 0 unspecified atom stereocenters. The smallest absolute Gasteiger partial charge is 0.144 e. The van der Waals surface area contributed by atoms with Crippen LogP contribution in [0, 0.1) is 0 Å². The largest absolute Gasteiger partial charge is 0.487 e. The lowest BCUT2D eigenvalue weighted by atomic mass is 10.3. The van der Waals surface area contributed by atoms with Crippen LogP contribution in [0.1, 0.15) is 19.0 Å². The van der Waals surface area contributed by atoms with Gasteiger partial charge in [-0.05, 0) is 24.6 Å². The highest BCUT2D eigenvalue weighted by Crippen LogP contribution is 2.18. The van der Waals surface area contributed by atoms with Crippen molar-refractivity contribution in [1.82, 2.24) is 9.97 Å². The van der Waals surface area contributed by atoms with Crippen LogP contribution < -0.4 is 10.1 Å². The molecule has 0 spiro atoms. The molecule has 0 saturated carbocycles. The molecular formula is C14H16BrN3O. The second kappa shape index (κ2) is 7.09. The Morgan fingerprint density at radius 2 is 2.16 bits per heavy atom. The number of nitrogens with one attached hydrogen (secondary N) is 1. The number of hydrogen-bond donors (Lipinski definition) is 1. The van der Waals surface area contributed by atoms with Gasteiger partial charge in [-0.3, -0.25) is 4.98 Å². The molecule has 0 atom stereocenters. The highest BCUT2D eigenvalue weighted by atomic mass is 79.9. The van der Waals surface area contributed by atoms with Gasteiger partial charge in [0, 0.05) is 11.0 Å².